The number of morpholine rings is 1. The third kappa shape index (κ3) is 5.36. The molecule has 2 rings (SSSR count). The monoisotopic (exact) mass is 292 g/mol. The van der Waals surface area contributed by atoms with Gasteiger partial charge in [-0.3, -0.25) is 4.79 Å². The minimum Gasteiger partial charge on any atom is -0.497 e. The summed E-state index contributed by atoms with van der Waals surface area (Å²) in [6.45, 7) is 3.35. The van der Waals surface area contributed by atoms with E-state index in [4.69, 9.17) is 9.47 Å². The van der Waals surface area contributed by atoms with Gasteiger partial charge in [-0.05, 0) is 31.2 Å². The lowest BCUT2D eigenvalue weighted by atomic mass is 10.1. The van der Waals surface area contributed by atoms with Crippen molar-refractivity contribution >= 4 is 5.91 Å². The lowest BCUT2D eigenvalue weighted by Crippen LogP contribution is -2.41. The molecule has 0 saturated carbocycles. The van der Waals surface area contributed by atoms with E-state index in [0.717, 1.165) is 37.4 Å². The number of rotatable bonds is 6. The molecular weight excluding hydrogens is 268 g/mol. The topological polar surface area (TPSA) is 50.8 Å². The fraction of sp³-hybridized carbons (Fsp3) is 0.562. The molecule has 0 spiro atoms. The molecule has 0 aromatic heterocycles. The summed E-state index contributed by atoms with van der Waals surface area (Å²) in [5.41, 5.74) is 0.959. The maximum absolute atomic E-state index is 11.9. The first kappa shape index (κ1) is 15.8. The lowest BCUT2D eigenvalue weighted by molar-refractivity contribution is -0.120. The fourth-order valence-corrected chi connectivity index (χ4v) is 2.44. The predicted molar refractivity (Wildman–Crippen MR) is 81.6 cm³/mol. The van der Waals surface area contributed by atoms with Gasteiger partial charge in [0.05, 0.1) is 26.2 Å². The van der Waals surface area contributed by atoms with Crippen molar-refractivity contribution in [3.63, 3.8) is 0 Å². The Balaban J connectivity index is 1.69. The predicted octanol–water partition coefficient (Wildman–Crippen LogP) is 1.07. The standard InChI is InChI=1S/C16H24N2O3/c1-18-8-9-21-15(12-18)6-7-17-16(19)11-13-4-3-5-14(10-13)20-2/h3-5,10,15H,6-9,11-12H2,1-2H3,(H,17,19). The summed E-state index contributed by atoms with van der Waals surface area (Å²) in [5.74, 6) is 0.811. The lowest BCUT2D eigenvalue weighted by Gasteiger charge is -2.30. The molecule has 1 aliphatic rings. The second kappa shape index (κ2) is 8.00. The zero-order chi connectivity index (χ0) is 15.1. The highest BCUT2D eigenvalue weighted by molar-refractivity contribution is 5.78. The maximum atomic E-state index is 11.9. The Bertz CT molecular complexity index is 465. The van der Waals surface area contributed by atoms with Crippen LogP contribution >= 0.6 is 0 Å². The van der Waals surface area contributed by atoms with Crippen molar-refractivity contribution in [1.29, 1.82) is 0 Å². The number of hydrogen-bond acceptors (Lipinski definition) is 4. The number of nitrogens with one attached hydrogen (secondary N) is 1. The SMILES string of the molecule is COc1cccc(CC(=O)NCCC2CN(C)CCO2)c1. The molecule has 1 unspecified atom stereocenters. The molecule has 5 nitrogen and oxygen atoms in total. The van der Waals surface area contributed by atoms with Gasteiger partial charge in [-0.1, -0.05) is 12.1 Å². The van der Waals surface area contributed by atoms with E-state index < -0.39 is 0 Å². The zero-order valence-electron chi connectivity index (χ0n) is 12.8. The van der Waals surface area contributed by atoms with Crippen LogP contribution in [0, 0.1) is 0 Å². The summed E-state index contributed by atoms with van der Waals surface area (Å²) < 4.78 is 10.8. The Hall–Kier alpha value is -1.59. The van der Waals surface area contributed by atoms with Gasteiger partial charge in [-0.2, -0.15) is 0 Å². The normalized spacial score (nSPS) is 19.2. The second-order valence-corrected chi connectivity index (χ2v) is 5.42. The van der Waals surface area contributed by atoms with Crippen molar-refractivity contribution < 1.29 is 14.3 Å². The van der Waals surface area contributed by atoms with Gasteiger partial charge in [-0.25, -0.2) is 0 Å². The molecule has 1 saturated heterocycles. The smallest absolute Gasteiger partial charge is 0.224 e. The number of carbonyl (C=O) groups is 1. The van der Waals surface area contributed by atoms with Gasteiger partial charge in [0.1, 0.15) is 5.75 Å². The fourth-order valence-electron chi connectivity index (χ4n) is 2.44. The molecular formula is C16H24N2O3. The van der Waals surface area contributed by atoms with E-state index in [2.05, 4.69) is 17.3 Å². The number of likely N-dealkylation sites (N-methyl/N-ethyl adjacent to an activating group) is 1. The van der Waals surface area contributed by atoms with Crippen LogP contribution in [-0.2, 0) is 16.0 Å². The van der Waals surface area contributed by atoms with E-state index >= 15 is 0 Å². The molecule has 1 aromatic rings. The first-order valence-corrected chi connectivity index (χ1v) is 7.37. The number of benzene rings is 1. The van der Waals surface area contributed by atoms with Crippen LogP contribution in [0.2, 0.25) is 0 Å². The van der Waals surface area contributed by atoms with E-state index in [-0.39, 0.29) is 12.0 Å². The van der Waals surface area contributed by atoms with E-state index in [1.807, 2.05) is 24.3 Å². The molecule has 0 bridgehead atoms. The zero-order valence-corrected chi connectivity index (χ0v) is 12.8. The molecule has 1 heterocycles. The molecule has 1 N–H and O–H groups in total. The van der Waals surface area contributed by atoms with Gasteiger partial charge in [-0.15, -0.1) is 0 Å². The number of ether oxygens (including phenoxy) is 2. The highest BCUT2D eigenvalue weighted by atomic mass is 16.5. The quantitative estimate of drug-likeness (QED) is 0.852. The summed E-state index contributed by atoms with van der Waals surface area (Å²) in [6.07, 6.45) is 1.46. The van der Waals surface area contributed by atoms with Gasteiger partial charge < -0.3 is 19.7 Å². The first-order valence-electron chi connectivity index (χ1n) is 7.37. The van der Waals surface area contributed by atoms with Crippen molar-refractivity contribution in [2.24, 2.45) is 0 Å². The average molecular weight is 292 g/mol. The van der Waals surface area contributed by atoms with Crippen LogP contribution in [0.3, 0.4) is 0 Å². The Kier molecular flexibility index (Phi) is 6.02. The number of carbonyl (C=O) groups excluding carboxylic acids is 1. The van der Waals surface area contributed by atoms with Crippen molar-refractivity contribution in [2.45, 2.75) is 18.9 Å². The molecule has 0 radical (unpaired) electrons. The van der Waals surface area contributed by atoms with Crippen molar-refractivity contribution in [1.82, 2.24) is 10.2 Å². The molecule has 5 heteroatoms. The summed E-state index contributed by atoms with van der Waals surface area (Å²) in [6, 6.07) is 7.59. The number of amides is 1. The number of nitrogens with zero attached hydrogens (tertiary/aromatic N) is 1. The van der Waals surface area contributed by atoms with E-state index in [1.54, 1.807) is 7.11 Å². The van der Waals surface area contributed by atoms with Gasteiger partial charge in [0, 0.05) is 19.6 Å². The van der Waals surface area contributed by atoms with Crippen LogP contribution in [0.5, 0.6) is 5.75 Å². The molecule has 1 atom stereocenters. The molecule has 1 aliphatic heterocycles. The summed E-state index contributed by atoms with van der Waals surface area (Å²) in [7, 11) is 3.72. The van der Waals surface area contributed by atoms with E-state index in [1.165, 1.54) is 0 Å². The van der Waals surface area contributed by atoms with Gasteiger partial charge >= 0.3 is 0 Å². The van der Waals surface area contributed by atoms with Crippen molar-refractivity contribution in [2.75, 3.05) is 40.4 Å². The van der Waals surface area contributed by atoms with Gasteiger partial charge in [0.2, 0.25) is 5.91 Å². The average Bonchev–Trinajstić information content (AvgIpc) is 2.47. The Morgan fingerprint density at radius 2 is 2.38 bits per heavy atom. The molecule has 1 aromatic carbocycles. The second-order valence-electron chi connectivity index (χ2n) is 5.42. The van der Waals surface area contributed by atoms with Crippen LogP contribution in [0.15, 0.2) is 24.3 Å². The number of hydrogen-bond donors (Lipinski definition) is 1. The van der Waals surface area contributed by atoms with Gasteiger partial charge in [0.15, 0.2) is 0 Å². The third-order valence-electron chi connectivity index (χ3n) is 3.63. The third-order valence-corrected chi connectivity index (χ3v) is 3.63. The summed E-state index contributed by atoms with van der Waals surface area (Å²) >= 11 is 0. The Labute approximate surface area is 126 Å². The largest absolute Gasteiger partial charge is 0.497 e. The summed E-state index contributed by atoms with van der Waals surface area (Å²) in [4.78, 5) is 14.2. The molecule has 0 aliphatic carbocycles. The minimum absolute atomic E-state index is 0.0346. The van der Waals surface area contributed by atoms with Crippen LogP contribution in [0.25, 0.3) is 0 Å². The summed E-state index contributed by atoms with van der Waals surface area (Å²) in [5, 5.41) is 2.95. The van der Waals surface area contributed by atoms with Crippen LogP contribution in [0.4, 0.5) is 0 Å². The molecule has 21 heavy (non-hydrogen) atoms. The molecule has 1 amide bonds. The number of methoxy groups -OCH3 is 1. The van der Waals surface area contributed by atoms with Crippen LogP contribution in [0.1, 0.15) is 12.0 Å². The molecule has 1 fully saturated rings. The molecule has 116 valence electrons. The highest BCUT2D eigenvalue weighted by Crippen LogP contribution is 2.13. The van der Waals surface area contributed by atoms with Gasteiger partial charge in [0.25, 0.3) is 0 Å². The van der Waals surface area contributed by atoms with E-state index in [9.17, 15) is 4.79 Å². The van der Waals surface area contributed by atoms with E-state index in [0.29, 0.717) is 13.0 Å². The van der Waals surface area contributed by atoms with Crippen molar-refractivity contribution in [3.8, 4) is 5.75 Å². The Morgan fingerprint density at radius 3 is 3.14 bits per heavy atom. The maximum Gasteiger partial charge on any atom is 0.224 e. The minimum atomic E-state index is 0.0346. The highest BCUT2D eigenvalue weighted by Gasteiger charge is 2.17. The van der Waals surface area contributed by atoms with Crippen LogP contribution in [-0.4, -0.2) is 57.3 Å². The first-order chi connectivity index (χ1) is 10.2. The Morgan fingerprint density at radius 1 is 1.52 bits per heavy atom. The van der Waals surface area contributed by atoms with Crippen LogP contribution < -0.4 is 10.1 Å². The van der Waals surface area contributed by atoms with Crippen molar-refractivity contribution in [3.05, 3.63) is 29.8 Å².